The van der Waals surface area contributed by atoms with E-state index in [1.807, 2.05) is 13.0 Å². The van der Waals surface area contributed by atoms with Crippen LogP contribution in [0.4, 0.5) is 0 Å². The van der Waals surface area contributed by atoms with Gasteiger partial charge in [0.2, 0.25) is 0 Å². The highest BCUT2D eigenvalue weighted by Crippen LogP contribution is 2.33. The molecule has 0 aromatic carbocycles. The van der Waals surface area contributed by atoms with Gasteiger partial charge < -0.3 is 14.5 Å². The quantitative estimate of drug-likeness (QED) is 0.413. The Morgan fingerprint density at radius 3 is 2.38 bits per heavy atom. The van der Waals surface area contributed by atoms with Gasteiger partial charge in [-0.3, -0.25) is 4.57 Å². The molecule has 0 unspecified atom stereocenters. The van der Waals surface area contributed by atoms with Crippen molar-refractivity contribution >= 4 is 7.60 Å². The van der Waals surface area contributed by atoms with Crippen molar-refractivity contribution in [3.05, 3.63) is 23.3 Å². The van der Waals surface area contributed by atoms with Gasteiger partial charge in [-0.15, -0.1) is 0 Å². The number of hydrogen-bond acceptors (Lipinski definition) is 2. The maximum absolute atomic E-state index is 10.5. The number of ether oxygens (including phenoxy) is 1. The van der Waals surface area contributed by atoms with Crippen LogP contribution in [0.5, 0.6) is 0 Å². The molecule has 0 fully saturated rings. The van der Waals surface area contributed by atoms with Crippen molar-refractivity contribution in [1.82, 2.24) is 0 Å². The van der Waals surface area contributed by atoms with E-state index >= 15 is 0 Å². The lowest BCUT2D eigenvalue weighted by Gasteiger charge is -2.04. The number of allylic oxidation sites excluding steroid dienone is 3. The first-order valence-corrected chi connectivity index (χ1v) is 7.02. The minimum absolute atomic E-state index is 0.256. The normalized spacial score (nSPS) is 12.7. The van der Waals surface area contributed by atoms with Gasteiger partial charge in [0.05, 0.1) is 6.61 Å². The molecule has 4 nitrogen and oxygen atoms in total. The third-order valence-corrected chi connectivity index (χ3v) is 2.42. The van der Waals surface area contributed by atoms with Gasteiger partial charge in [-0.05, 0) is 33.6 Å². The Bertz CT molecular complexity index is 297. The SMILES string of the molecule is CC(C)=CCCC(C)=CCOCP(=O)(O)O. The van der Waals surface area contributed by atoms with Crippen LogP contribution in [0.3, 0.4) is 0 Å². The van der Waals surface area contributed by atoms with Crippen LogP contribution in [0.15, 0.2) is 23.3 Å². The van der Waals surface area contributed by atoms with E-state index in [1.54, 1.807) is 0 Å². The largest absolute Gasteiger partial charge is 0.365 e. The smallest absolute Gasteiger partial charge is 0.350 e. The minimum atomic E-state index is -4.02. The fourth-order valence-electron chi connectivity index (χ4n) is 1.06. The maximum Gasteiger partial charge on any atom is 0.350 e. The average Bonchev–Trinajstić information content (AvgIpc) is 2.10. The summed E-state index contributed by atoms with van der Waals surface area (Å²) in [6.07, 6.45) is 5.45. The molecule has 2 N–H and O–H groups in total. The van der Waals surface area contributed by atoms with Crippen LogP contribution in [0, 0.1) is 0 Å². The molecule has 0 aliphatic carbocycles. The van der Waals surface area contributed by atoms with E-state index in [2.05, 4.69) is 19.9 Å². The summed E-state index contributed by atoms with van der Waals surface area (Å²) in [6.45, 7) is 6.36. The predicted octanol–water partition coefficient (Wildman–Crippen LogP) is 2.83. The summed E-state index contributed by atoms with van der Waals surface area (Å²) < 4.78 is 15.3. The van der Waals surface area contributed by atoms with Gasteiger partial charge in [-0.25, -0.2) is 0 Å². The summed E-state index contributed by atoms with van der Waals surface area (Å²) in [4.78, 5) is 17.1. The summed E-state index contributed by atoms with van der Waals surface area (Å²) in [5.74, 6) is 0. The van der Waals surface area contributed by atoms with Crippen molar-refractivity contribution in [1.29, 1.82) is 0 Å². The van der Waals surface area contributed by atoms with E-state index in [1.165, 1.54) is 11.1 Å². The first-order valence-electron chi connectivity index (χ1n) is 5.22. The maximum atomic E-state index is 10.5. The summed E-state index contributed by atoms with van der Waals surface area (Å²) in [5.41, 5.74) is 2.47. The first kappa shape index (κ1) is 15.6. The summed E-state index contributed by atoms with van der Waals surface area (Å²) in [6, 6.07) is 0. The molecule has 0 aromatic heterocycles. The second-order valence-electron chi connectivity index (χ2n) is 4.04. The Kier molecular flexibility index (Phi) is 7.60. The Morgan fingerprint density at radius 2 is 1.88 bits per heavy atom. The molecule has 0 radical (unpaired) electrons. The molecule has 0 aliphatic heterocycles. The molecule has 0 rings (SSSR count). The van der Waals surface area contributed by atoms with Crippen LogP contribution in [0.25, 0.3) is 0 Å². The molecular weight excluding hydrogens is 227 g/mol. The zero-order chi connectivity index (χ0) is 12.6. The highest BCUT2D eigenvalue weighted by Gasteiger charge is 2.11. The molecule has 0 spiro atoms. The molecule has 0 amide bonds. The van der Waals surface area contributed by atoms with Crippen LogP contribution >= 0.6 is 7.60 Å². The molecule has 0 aromatic rings. The van der Waals surface area contributed by atoms with Crippen LogP contribution in [0.1, 0.15) is 33.6 Å². The Balaban J connectivity index is 3.71. The fraction of sp³-hybridized carbons (Fsp3) is 0.636. The van der Waals surface area contributed by atoms with Gasteiger partial charge in [-0.1, -0.05) is 23.3 Å². The van der Waals surface area contributed by atoms with E-state index in [-0.39, 0.29) is 6.61 Å². The van der Waals surface area contributed by atoms with Crippen LogP contribution in [0.2, 0.25) is 0 Å². The standard InChI is InChI=1S/C11H21O4P/c1-10(2)5-4-6-11(3)7-8-15-9-16(12,13)14/h5,7H,4,6,8-9H2,1-3H3,(H2,12,13,14). The first-order chi connectivity index (χ1) is 7.31. The van der Waals surface area contributed by atoms with E-state index in [0.29, 0.717) is 0 Å². The van der Waals surface area contributed by atoms with Gasteiger partial charge in [0, 0.05) is 0 Å². The van der Waals surface area contributed by atoms with E-state index in [4.69, 9.17) is 14.5 Å². The zero-order valence-electron chi connectivity index (χ0n) is 10.1. The van der Waals surface area contributed by atoms with E-state index in [0.717, 1.165) is 12.8 Å². The van der Waals surface area contributed by atoms with Gasteiger partial charge in [0.1, 0.15) is 6.35 Å². The van der Waals surface area contributed by atoms with Gasteiger partial charge in [-0.2, -0.15) is 0 Å². The van der Waals surface area contributed by atoms with Gasteiger partial charge in [0.25, 0.3) is 0 Å². The van der Waals surface area contributed by atoms with Gasteiger partial charge >= 0.3 is 7.60 Å². The molecule has 0 saturated heterocycles. The lowest BCUT2D eigenvalue weighted by atomic mass is 10.1. The topological polar surface area (TPSA) is 66.8 Å². The van der Waals surface area contributed by atoms with Crippen molar-refractivity contribution in [2.45, 2.75) is 33.6 Å². The van der Waals surface area contributed by atoms with Crippen molar-refractivity contribution in [2.24, 2.45) is 0 Å². The van der Waals surface area contributed by atoms with Crippen LogP contribution < -0.4 is 0 Å². The van der Waals surface area contributed by atoms with Crippen molar-refractivity contribution in [3.63, 3.8) is 0 Å². The lowest BCUT2D eigenvalue weighted by molar-refractivity contribution is 0.184. The molecule has 0 aliphatic rings. The average molecular weight is 248 g/mol. The minimum Gasteiger partial charge on any atom is -0.365 e. The van der Waals surface area contributed by atoms with Crippen LogP contribution in [-0.4, -0.2) is 22.7 Å². The fourth-order valence-corrected chi connectivity index (χ4v) is 1.41. The summed E-state index contributed by atoms with van der Waals surface area (Å²) >= 11 is 0. The summed E-state index contributed by atoms with van der Waals surface area (Å²) in [7, 11) is -4.02. The van der Waals surface area contributed by atoms with Crippen LogP contribution in [-0.2, 0) is 9.30 Å². The highest BCUT2D eigenvalue weighted by atomic mass is 31.2. The number of rotatable bonds is 7. The molecule has 0 atom stereocenters. The van der Waals surface area contributed by atoms with E-state index < -0.39 is 13.9 Å². The number of hydrogen-bond donors (Lipinski definition) is 2. The van der Waals surface area contributed by atoms with E-state index in [9.17, 15) is 4.57 Å². The predicted molar refractivity (Wildman–Crippen MR) is 65.3 cm³/mol. The third-order valence-electron chi connectivity index (χ3n) is 1.90. The molecule has 5 heteroatoms. The van der Waals surface area contributed by atoms with Crippen molar-refractivity contribution < 1.29 is 19.1 Å². The lowest BCUT2D eigenvalue weighted by Crippen LogP contribution is -1.95. The molecule has 0 heterocycles. The second-order valence-corrected chi connectivity index (χ2v) is 5.62. The molecule has 0 saturated carbocycles. The Labute approximate surface area is 97.2 Å². The molecular formula is C11H21O4P. The highest BCUT2D eigenvalue weighted by molar-refractivity contribution is 7.51. The molecule has 0 bridgehead atoms. The summed E-state index contributed by atoms with van der Waals surface area (Å²) in [5, 5.41) is 0. The van der Waals surface area contributed by atoms with Crippen molar-refractivity contribution in [3.8, 4) is 0 Å². The van der Waals surface area contributed by atoms with Gasteiger partial charge in [0.15, 0.2) is 0 Å². The molecule has 16 heavy (non-hydrogen) atoms. The third kappa shape index (κ3) is 11.7. The molecule has 94 valence electrons. The monoisotopic (exact) mass is 248 g/mol. The Morgan fingerprint density at radius 1 is 1.25 bits per heavy atom. The Hall–Kier alpha value is -0.410. The second kappa shape index (κ2) is 7.80. The zero-order valence-corrected chi connectivity index (χ0v) is 11.0. The van der Waals surface area contributed by atoms with Crippen molar-refractivity contribution in [2.75, 3.05) is 13.0 Å².